The number of hydrogen-bond donors (Lipinski definition) is 0. The van der Waals surface area contributed by atoms with Gasteiger partial charge in [-0.1, -0.05) is 25.1 Å². The molecule has 0 saturated carbocycles. The molecule has 0 unspecified atom stereocenters. The third-order valence-corrected chi connectivity index (χ3v) is 3.18. The lowest BCUT2D eigenvalue weighted by Gasteiger charge is -2.06. The molecule has 0 aromatic heterocycles. The first kappa shape index (κ1) is 15.0. The van der Waals surface area contributed by atoms with Gasteiger partial charge in [0.25, 0.3) is 0 Å². The van der Waals surface area contributed by atoms with Crippen molar-refractivity contribution in [3.63, 3.8) is 0 Å². The predicted octanol–water partition coefficient (Wildman–Crippen LogP) is 4.42. The third kappa shape index (κ3) is 4.56. The van der Waals surface area contributed by atoms with Crippen molar-refractivity contribution >= 4 is 11.6 Å². The van der Waals surface area contributed by atoms with Crippen LogP contribution in [0.15, 0.2) is 54.6 Å². The zero-order valence-corrected chi connectivity index (χ0v) is 12.0. The van der Waals surface area contributed by atoms with Crippen LogP contribution >= 0.6 is 0 Å². The van der Waals surface area contributed by atoms with Crippen molar-refractivity contribution in [3.8, 4) is 11.5 Å². The minimum absolute atomic E-state index is 0.0111. The second kappa shape index (κ2) is 7.39. The van der Waals surface area contributed by atoms with E-state index in [4.69, 9.17) is 4.74 Å². The van der Waals surface area contributed by atoms with Crippen molar-refractivity contribution in [1.29, 1.82) is 0 Å². The lowest BCUT2D eigenvalue weighted by Crippen LogP contribution is -2.03. The number of ether oxygens (including phenoxy) is 1. The first-order valence-corrected chi connectivity index (χ1v) is 7.07. The molecular weight excluding hydrogens is 264 g/mol. The fourth-order valence-electron chi connectivity index (χ4n) is 1.91. The summed E-state index contributed by atoms with van der Waals surface area (Å²) < 4.78 is 5.66. The molecule has 3 nitrogen and oxygen atoms in total. The number of hydrogen-bond acceptors (Lipinski definition) is 3. The summed E-state index contributed by atoms with van der Waals surface area (Å²) in [6.45, 7) is 1.81. The summed E-state index contributed by atoms with van der Waals surface area (Å²) in [4.78, 5) is 23.2. The van der Waals surface area contributed by atoms with E-state index in [0.717, 1.165) is 5.75 Å². The molecule has 0 spiro atoms. The summed E-state index contributed by atoms with van der Waals surface area (Å²) in [5, 5.41) is 0. The molecule has 0 aliphatic heterocycles. The Morgan fingerprint density at radius 2 is 1.48 bits per heavy atom. The van der Waals surface area contributed by atoms with Crippen LogP contribution in [-0.4, -0.2) is 11.6 Å². The average molecular weight is 282 g/mol. The Morgan fingerprint density at radius 3 is 2.10 bits per heavy atom. The molecule has 0 atom stereocenters. The highest BCUT2D eigenvalue weighted by Crippen LogP contribution is 2.21. The first-order valence-electron chi connectivity index (χ1n) is 7.07. The van der Waals surface area contributed by atoms with Crippen LogP contribution in [-0.2, 0) is 4.79 Å². The Balaban J connectivity index is 1.95. The highest BCUT2D eigenvalue weighted by molar-refractivity contribution is 5.98. The normalized spacial score (nSPS) is 10.1. The van der Waals surface area contributed by atoms with Gasteiger partial charge in [0.1, 0.15) is 17.3 Å². The summed E-state index contributed by atoms with van der Waals surface area (Å²) in [5.41, 5.74) is 0.610. The molecule has 3 heteroatoms. The zero-order valence-electron chi connectivity index (χ0n) is 12.0. The fourth-order valence-corrected chi connectivity index (χ4v) is 1.91. The maximum atomic E-state index is 11.9. The number of rotatable bonds is 7. The van der Waals surface area contributed by atoms with Crippen molar-refractivity contribution < 1.29 is 14.3 Å². The van der Waals surface area contributed by atoms with E-state index < -0.39 is 0 Å². The maximum absolute atomic E-state index is 11.9. The van der Waals surface area contributed by atoms with Gasteiger partial charge in [0.05, 0.1) is 0 Å². The van der Waals surface area contributed by atoms with E-state index in [-0.39, 0.29) is 18.0 Å². The number of carbonyl (C=O) groups is 2. The van der Waals surface area contributed by atoms with Gasteiger partial charge in [-0.15, -0.1) is 0 Å². The monoisotopic (exact) mass is 282 g/mol. The van der Waals surface area contributed by atoms with Crippen molar-refractivity contribution in [3.05, 3.63) is 60.2 Å². The van der Waals surface area contributed by atoms with E-state index in [9.17, 15) is 9.59 Å². The van der Waals surface area contributed by atoms with Gasteiger partial charge in [-0.05, 0) is 36.4 Å². The Labute approximate surface area is 124 Å². The van der Waals surface area contributed by atoms with Crippen LogP contribution in [0.3, 0.4) is 0 Å². The van der Waals surface area contributed by atoms with E-state index in [1.807, 2.05) is 37.3 Å². The van der Waals surface area contributed by atoms with E-state index in [1.165, 1.54) is 0 Å². The summed E-state index contributed by atoms with van der Waals surface area (Å²) >= 11 is 0. The van der Waals surface area contributed by atoms with Crippen LogP contribution in [0.5, 0.6) is 11.5 Å². The molecule has 0 radical (unpaired) electrons. The molecule has 0 amide bonds. The quantitative estimate of drug-likeness (QED) is 0.706. The van der Waals surface area contributed by atoms with Crippen molar-refractivity contribution in [2.75, 3.05) is 0 Å². The van der Waals surface area contributed by atoms with Crippen molar-refractivity contribution in [2.45, 2.75) is 26.2 Å². The predicted molar refractivity (Wildman–Crippen MR) is 81.8 cm³/mol. The number of para-hydroxylation sites is 1. The molecule has 0 saturated heterocycles. The maximum Gasteiger partial charge on any atom is 0.163 e. The second-order valence-corrected chi connectivity index (χ2v) is 4.75. The highest BCUT2D eigenvalue weighted by atomic mass is 16.5. The van der Waals surface area contributed by atoms with E-state index in [2.05, 4.69) is 0 Å². The van der Waals surface area contributed by atoms with Crippen molar-refractivity contribution in [2.24, 2.45) is 0 Å². The SMILES string of the molecule is CCC(=O)CCC(=O)c1ccc(Oc2ccccc2)cc1. The molecule has 21 heavy (non-hydrogen) atoms. The number of ketones is 2. The van der Waals surface area contributed by atoms with Gasteiger partial charge >= 0.3 is 0 Å². The Hall–Kier alpha value is -2.42. The van der Waals surface area contributed by atoms with Gasteiger partial charge in [0.15, 0.2) is 5.78 Å². The fraction of sp³-hybridized carbons (Fsp3) is 0.222. The van der Waals surface area contributed by atoms with Gasteiger partial charge in [0, 0.05) is 24.8 Å². The van der Waals surface area contributed by atoms with Gasteiger partial charge in [0.2, 0.25) is 0 Å². The van der Waals surface area contributed by atoms with Gasteiger partial charge < -0.3 is 4.74 Å². The third-order valence-electron chi connectivity index (χ3n) is 3.18. The minimum atomic E-state index is -0.0111. The van der Waals surface area contributed by atoms with Gasteiger partial charge in [-0.2, -0.15) is 0 Å². The van der Waals surface area contributed by atoms with Gasteiger partial charge in [-0.3, -0.25) is 9.59 Å². The number of Topliss-reactive ketones (excluding diaryl/α,β-unsaturated/α-hetero) is 2. The lowest BCUT2D eigenvalue weighted by atomic mass is 10.0. The molecule has 0 aliphatic rings. The number of carbonyl (C=O) groups excluding carboxylic acids is 2. The molecule has 0 heterocycles. The number of benzene rings is 2. The molecule has 0 N–H and O–H groups in total. The zero-order chi connectivity index (χ0) is 15.1. The minimum Gasteiger partial charge on any atom is -0.457 e. The van der Waals surface area contributed by atoms with Crippen LogP contribution in [0.25, 0.3) is 0 Å². The Bertz CT molecular complexity index is 600. The Morgan fingerprint density at radius 1 is 0.857 bits per heavy atom. The van der Waals surface area contributed by atoms with Crippen LogP contribution in [0, 0.1) is 0 Å². The van der Waals surface area contributed by atoms with Crippen LogP contribution < -0.4 is 4.74 Å². The highest BCUT2D eigenvalue weighted by Gasteiger charge is 2.08. The van der Waals surface area contributed by atoms with Crippen LogP contribution in [0.2, 0.25) is 0 Å². The smallest absolute Gasteiger partial charge is 0.163 e. The Kier molecular flexibility index (Phi) is 5.27. The molecule has 2 rings (SSSR count). The molecule has 0 fully saturated rings. The summed E-state index contributed by atoms with van der Waals surface area (Å²) in [6, 6.07) is 16.5. The summed E-state index contributed by atoms with van der Waals surface area (Å²) in [7, 11) is 0. The molecule has 0 bridgehead atoms. The topological polar surface area (TPSA) is 43.4 Å². The van der Waals surface area contributed by atoms with Crippen LogP contribution in [0.1, 0.15) is 36.5 Å². The summed E-state index contributed by atoms with van der Waals surface area (Å²) in [5.74, 6) is 1.54. The summed E-state index contributed by atoms with van der Waals surface area (Å²) in [6.07, 6.45) is 1.07. The standard InChI is InChI=1S/C18H18O3/c1-2-15(19)10-13-18(20)14-8-11-17(12-9-14)21-16-6-4-3-5-7-16/h3-9,11-12H,2,10,13H2,1H3. The molecule has 0 aliphatic carbocycles. The molecule has 2 aromatic rings. The lowest BCUT2D eigenvalue weighted by molar-refractivity contribution is -0.118. The van der Waals surface area contributed by atoms with Crippen LogP contribution in [0.4, 0.5) is 0 Å². The average Bonchev–Trinajstić information content (AvgIpc) is 2.54. The largest absolute Gasteiger partial charge is 0.457 e. The van der Waals surface area contributed by atoms with Gasteiger partial charge in [-0.25, -0.2) is 0 Å². The van der Waals surface area contributed by atoms with E-state index in [1.54, 1.807) is 24.3 Å². The van der Waals surface area contributed by atoms with Crippen molar-refractivity contribution in [1.82, 2.24) is 0 Å². The molecular formula is C18H18O3. The van der Waals surface area contributed by atoms with E-state index >= 15 is 0 Å². The first-order chi connectivity index (χ1) is 10.2. The van der Waals surface area contributed by atoms with E-state index in [0.29, 0.717) is 24.2 Å². The molecule has 108 valence electrons. The molecule has 2 aromatic carbocycles. The second-order valence-electron chi connectivity index (χ2n) is 4.75.